The Bertz CT molecular complexity index is 479. The van der Waals surface area contributed by atoms with Gasteiger partial charge in [0.25, 0.3) is 5.56 Å². The smallest absolute Gasteiger partial charge is 0.250 e. The van der Waals surface area contributed by atoms with Crippen LogP contribution in [0.4, 0.5) is 0 Å². The zero-order valence-corrected chi connectivity index (χ0v) is 10.5. The molecule has 2 rings (SSSR count). The Hall–Kier alpha value is -1.09. The fraction of sp³-hybridized carbons (Fsp3) is 0.538. The number of aromatic nitrogens is 1. The van der Waals surface area contributed by atoms with Crippen LogP contribution in [0, 0.1) is 0 Å². The number of nitrogens with zero attached hydrogens (tertiary/aromatic N) is 1. The number of carbonyl (C=O) groups is 1. The van der Waals surface area contributed by atoms with E-state index in [0.717, 1.165) is 36.9 Å². The van der Waals surface area contributed by atoms with Crippen molar-refractivity contribution in [1.82, 2.24) is 4.57 Å². The molecule has 0 aliphatic heterocycles. The van der Waals surface area contributed by atoms with Gasteiger partial charge in [-0.3, -0.25) is 9.59 Å². The fourth-order valence-electron chi connectivity index (χ4n) is 2.30. The maximum atomic E-state index is 11.8. The topological polar surface area (TPSA) is 39.1 Å². The number of hydrogen-bond acceptors (Lipinski definition) is 2. The predicted octanol–water partition coefficient (Wildman–Crippen LogP) is 2.39. The second kappa shape index (κ2) is 5.50. The molecule has 0 unspecified atom stereocenters. The van der Waals surface area contributed by atoms with Crippen molar-refractivity contribution >= 4 is 17.4 Å². The lowest BCUT2D eigenvalue weighted by atomic mass is 9.94. The minimum atomic E-state index is -0.00646. The summed E-state index contributed by atoms with van der Waals surface area (Å²) in [4.78, 5) is 23.6. The number of rotatable bonds is 4. The molecule has 3 nitrogen and oxygen atoms in total. The highest BCUT2D eigenvalue weighted by Gasteiger charge is 2.20. The molecule has 0 radical (unpaired) electrons. The third-order valence-corrected chi connectivity index (χ3v) is 3.45. The summed E-state index contributed by atoms with van der Waals surface area (Å²) in [5.74, 6) is 0.778. The van der Waals surface area contributed by atoms with Crippen LogP contribution in [-0.2, 0) is 13.0 Å². The van der Waals surface area contributed by atoms with Crippen molar-refractivity contribution in [1.29, 1.82) is 0 Å². The molecule has 0 N–H and O–H groups in total. The second-order valence-corrected chi connectivity index (χ2v) is 4.73. The van der Waals surface area contributed by atoms with Crippen molar-refractivity contribution in [3.05, 3.63) is 33.7 Å². The van der Waals surface area contributed by atoms with Crippen LogP contribution < -0.4 is 5.56 Å². The number of pyridine rings is 1. The van der Waals surface area contributed by atoms with E-state index >= 15 is 0 Å². The van der Waals surface area contributed by atoms with E-state index in [2.05, 4.69) is 0 Å². The first-order valence-electron chi connectivity index (χ1n) is 6.06. The van der Waals surface area contributed by atoms with Crippen molar-refractivity contribution in [3.8, 4) is 0 Å². The Kier molecular flexibility index (Phi) is 4.00. The summed E-state index contributed by atoms with van der Waals surface area (Å²) in [5.41, 5.74) is 1.65. The van der Waals surface area contributed by atoms with E-state index in [0.29, 0.717) is 18.8 Å². The van der Waals surface area contributed by atoms with Crippen molar-refractivity contribution in [2.24, 2.45) is 0 Å². The molecule has 0 spiro atoms. The van der Waals surface area contributed by atoms with Crippen LogP contribution in [0.3, 0.4) is 0 Å². The van der Waals surface area contributed by atoms with Crippen LogP contribution in [-0.4, -0.2) is 16.2 Å². The average Bonchev–Trinajstić information content (AvgIpc) is 2.32. The van der Waals surface area contributed by atoms with Crippen LogP contribution in [0.15, 0.2) is 16.9 Å². The van der Waals surface area contributed by atoms with Crippen LogP contribution in [0.25, 0.3) is 0 Å². The molecule has 0 saturated heterocycles. The molecule has 0 bridgehead atoms. The van der Waals surface area contributed by atoms with Crippen LogP contribution in [0.2, 0.25) is 0 Å². The first-order chi connectivity index (χ1) is 8.24. The molecular weight excluding hydrogens is 238 g/mol. The lowest BCUT2D eigenvalue weighted by molar-refractivity contribution is 0.0970. The molecule has 4 heteroatoms. The van der Waals surface area contributed by atoms with Gasteiger partial charge in [-0.15, -0.1) is 11.6 Å². The lowest BCUT2D eigenvalue weighted by Gasteiger charge is -2.19. The standard InChI is InChI=1S/C13H16ClNO2/c14-8-1-2-9-15-11-4-3-5-12(16)10(11)6-7-13(15)17/h6-7H,1-5,8-9H2. The molecule has 1 aliphatic carbocycles. The molecule has 17 heavy (non-hydrogen) atoms. The summed E-state index contributed by atoms with van der Waals surface area (Å²) in [6, 6.07) is 3.18. The maximum Gasteiger partial charge on any atom is 0.250 e. The highest BCUT2D eigenvalue weighted by molar-refractivity contribution is 6.17. The number of halogens is 1. The SMILES string of the molecule is O=C1CCCc2c1ccc(=O)n2CCCCCl. The molecule has 0 fully saturated rings. The Morgan fingerprint density at radius 3 is 2.76 bits per heavy atom. The molecule has 1 aliphatic rings. The molecule has 0 aromatic carbocycles. The highest BCUT2D eigenvalue weighted by Crippen LogP contribution is 2.19. The third-order valence-electron chi connectivity index (χ3n) is 3.18. The van der Waals surface area contributed by atoms with E-state index in [-0.39, 0.29) is 11.3 Å². The number of unbranched alkanes of at least 4 members (excludes halogenated alkanes) is 1. The molecule has 92 valence electrons. The van der Waals surface area contributed by atoms with E-state index < -0.39 is 0 Å². The van der Waals surface area contributed by atoms with Crippen LogP contribution in [0.1, 0.15) is 41.7 Å². The number of Topliss-reactive ketones (excluding diaryl/α,β-unsaturated/α-hetero) is 1. The summed E-state index contributed by atoms with van der Waals surface area (Å²) < 4.78 is 1.75. The van der Waals surface area contributed by atoms with Crippen molar-refractivity contribution in [2.75, 3.05) is 5.88 Å². The van der Waals surface area contributed by atoms with Crippen molar-refractivity contribution in [2.45, 2.75) is 38.6 Å². The summed E-state index contributed by atoms with van der Waals surface area (Å²) >= 11 is 5.63. The Balaban J connectivity index is 2.33. The van der Waals surface area contributed by atoms with Crippen molar-refractivity contribution in [3.63, 3.8) is 0 Å². The van der Waals surface area contributed by atoms with Gasteiger partial charge >= 0.3 is 0 Å². The molecule has 0 saturated carbocycles. The zero-order valence-electron chi connectivity index (χ0n) is 9.75. The first kappa shape index (κ1) is 12.4. The molecule has 1 heterocycles. The minimum Gasteiger partial charge on any atom is -0.312 e. The summed E-state index contributed by atoms with van der Waals surface area (Å²) in [5, 5.41) is 0. The monoisotopic (exact) mass is 253 g/mol. The van der Waals surface area contributed by atoms with Gasteiger partial charge in [0.15, 0.2) is 5.78 Å². The second-order valence-electron chi connectivity index (χ2n) is 4.36. The van der Waals surface area contributed by atoms with E-state index in [1.165, 1.54) is 6.07 Å². The largest absolute Gasteiger partial charge is 0.312 e. The predicted molar refractivity (Wildman–Crippen MR) is 67.9 cm³/mol. The van der Waals surface area contributed by atoms with Gasteiger partial charge in [0.2, 0.25) is 0 Å². The number of alkyl halides is 1. The van der Waals surface area contributed by atoms with E-state index in [1.807, 2.05) is 0 Å². The molecular formula is C13H16ClNO2. The fourth-order valence-corrected chi connectivity index (χ4v) is 2.49. The summed E-state index contributed by atoms with van der Waals surface area (Å²) in [6.07, 6.45) is 4.06. The van der Waals surface area contributed by atoms with E-state index in [9.17, 15) is 9.59 Å². The van der Waals surface area contributed by atoms with E-state index in [1.54, 1.807) is 10.6 Å². The Morgan fingerprint density at radius 1 is 1.18 bits per heavy atom. The number of ketones is 1. The van der Waals surface area contributed by atoms with Crippen molar-refractivity contribution < 1.29 is 4.79 Å². The number of hydrogen-bond donors (Lipinski definition) is 0. The number of fused-ring (bicyclic) bond motifs is 1. The molecule has 1 aromatic heterocycles. The Labute approximate surface area is 105 Å². The van der Waals surface area contributed by atoms with Gasteiger partial charge < -0.3 is 4.57 Å². The average molecular weight is 254 g/mol. The Morgan fingerprint density at radius 2 is 2.00 bits per heavy atom. The number of carbonyl (C=O) groups excluding carboxylic acids is 1. The van der Waals surface area contributed by atoms with Gasteiger partial charge in [0.1, 0.15) is 0 Å². The minimum absolute atomic E-state index is 0.00646. The highest BCUT2D eigenvalue weighted by atomic mass is 35.5. The van der Waals surface area contributed by atoms with E-state index in [4.69, 9.17) is 11.6 Å². The van der Waals surface area contributed by atoms with Gasteiger partial charge in [0, 0.05) is 36.2 Å². The summed E-state index contributed by atoms with van der Waals surface area (Å²) in [6.45, 7) is 0.669. The normalized spacial score (nSPS) is 14.8. The van der Waals surface area contributed by atoms with Crippen LogP contribution in [0.5, 0.6) is 0 Å². The quantitative estimate of drug-likeness (QED) is 0.611. The van der Waals surface area contributed by atoms with Gasteiger partial charge in [0.05, 0.1) is 0 Å². The summed E-state index contributed by atoms with van der Waals surface area (Å²) in [7, 11) is 0. The lowest BCUT2D eigenvalue weighted by Crippen LogP contribution is -2.28. The molecule has 0 amide bonds. The van der Waals surface area contributed by atoms with Crippen LogP contribution >= 0.6 is 11.6 Å². The van der Waals surface area contributed by atoms with Gasteiger partial charge in [-0.2, -0.15) is 0 Å². The van der Waals surface area contributed by atoms with Gasteiger partial charge in [-0.05, 0) is 31.7 Å². The van der Waals surface area contributed by atoms with Gasteiger partial charge in [-0.1, -0.05) is 0 Å². The third kappa shape index (κ3) is 2.60. The maximum absolute atomic E-state index is 11.8. The molecule has 0 atom stereocenters. The van der Waals surface area contributed by atoms with Gasteiger partial charge in [-0.25, -0.2) is 0 Å². The first-order valence-corrected chi connectivity index (χ1v) is 6.59. The zero-order chi connectivity index (χ0) is 12.3. The molecule has 1 aromatic rings.